The Labute approximate surface area is 136 Å². The van der Waals surface area contributed by atoms with Gasteiger partial charge in [0.05, 0.1) is 19.9 Å². The molecule has 1 aliphatic carbocycles. The van der Waals surface area contributed by atoms with Gasteiger partial charge in [0.2, 0.25) is 11.8 Å². The highest BCUT2D eigenvalue weighted by atomic mass is 16.5. The second kappa shape index (κ2) is 6.89. The Kier molecular flexibility index (Phi) is 5.13. The van der Waals surface area contributed by atoms with Gasteiger partial charge in [-0.3, -0.25) is 9.59 Å². The molecule has 6 nitrogen and oxygen atoms in total. The fourth-order valence-corrected chi connectivity index (χ4v) is 2.30. The number of hydrogen-bond donors (Lipinski definition) is 2. The first-order valence-electron chi connectivity index (χ1n) is 7.74. The van der Waals surface area contributed by atoms with Gasteiger partial charge in [0.25, 0.3) is 0 Å². The Morgan fingerprint density at radius 3 is 2.39 bits per heavy atom. The predicted molar refractivity (Wildman–Crippen MR) is 87.7 cm³/mol. The van der Waals surface area contributed by atoms with Gasteiger partial charge in [-0.05, 0) is 30.9 Å². The third-order valence-corrected chi connectivity index (χ3v) is 3.95. The first-order valence-corrected chi connectivity index (χ1v) is 7.74. The summed E-state index contributed by atoms with van der Waals surface area (Å²) in [5.74, 6) is 0.972. The van der Waals surface area contributed by atoms with E-state index in [1.54, 1.807) is 25.3 Å². The second-order valence-corrected chi connectivity index (χ2v) is 6.21. The normalized spacial score (nSPS) is 15.0. The lowest BCUT2D eigenvalue weighted by molar-refractivity contribution is -0.134. The highest BCUT2D eigenvalue weighted by molar-refractivity contribution is 6.13. The Bertz CT molecular complexity index is 594. The van der Waals surface area contributed by atoms with Gasteiger partial charge in [0.1, 0.15) is 16.9 Å². The van der Waals surface area contributed by atoms with E-state index in [1.165, 1.54) is 7.11 Å². The molecule has 1 aliphatic rings. The summed E-state index contributed by atoms with van der Waals surface area (Å²) < 4.78 is 10.4. The zero-order chi connectivity index (χ0) is 17.0. The quantitative estimate of drug-likeness (QED) is 0.755. The summed E-state index contributed by atoms with van der Waals surface area (Å²) in [7, 11) is 3.08. The molecule has 126 valence electrons. The fourth-order valence-electron chi connectivity index (χ4n) is 2.30. The van der Waals surface area contributed by atoms with Crippen molar-refractivity contribution >= 4 is 17.5 Å². The summed E-state index contributed by atoms with van der Waals surface area (Å²) in [6.45, 7) is 4.60. The molecule has 23 heavy (non-hydrogen) atoms. The molecule has 0 heterocycles. The second-order valence-electron chi connectivity index (χ2n) is 6.21. The number of methoxy groups -OCH3 is 2. The van der Waals surface area contributed by atoms with Crippen molar-refractivity contribution < 1.29 is 19.1 Å². The SMILES string of the molecule is COc1ccc(OC)c(NC(=O)C2(C(=O)NCC(C)C)CC2)c1. The number of hydrogen-bond acceptors (Lipinski definition) is 4. The van der Waals surface area contributed by atoms with Crippen molar-refractivity contribution in [3.05, 3.63) is 18.2 Å². The molecule has 0 radical (unpaired) electrons. The monoisotopic (exact) mass is 320 g/mol. The molecule has 6 heteroatoms. The van der Waals surface area contributed by atoms with Crippen LogP contribution in [0.1, 0.15) is 26.7 Å². The summed E-state index contributed by atoms with van der Waals surface area (Å²) in [6, 6.07) is 5.14. The maximum Gasteiger partial charge on any atom is 0.240 e. The topological polar surface area (TPSA) is 76.7 Å². The predicted octanol–water partition coefficient (Wildman–Crippen LogP) is 2.19. The third-order valence-electron chi connectivity index (χ3n) is 3.95. The lowest BCUT2D eigenvalue weighted by atomic mass is 10.0. The molecule has 1 aromatic carbocycles. The molecule has 1 fully saturated rings. The van der Waals surface area contributed by atoms with Gasteiger partial charge in [-0.1, -0.05) is 13.8 Å². The molecule has 0 saturated heterocycles. The van der Waals surface area contributed by atoms with Gasteiger partial charge in [-0.15, -0.1) is 0 Å². The van der Waals surface area contributed by atoms with Crippen molar-refractivity contribution in [3.63, 3.8) is 0 Å². The van der Waals surface area contributed by atoms with Crippen LogP contribution in [0.2, 0.25) is 0 Å². The average molecular weight is 320 g/mol. The largest absolute Gasteiger partial charge is 0.497 e. The molecule has 0 bridgehead atoms. The average Bonchev–Trinajstić information content (AvgIpc) is 3.34. The van der Waals surface area contributed by atoms with Gasteiger partial charge in [-0.25, -0.2) is 0 Å². The van der Waals surface area contributed by atoms with E-state index >= 15 is 0 Å². The van der Waals surface area contributed by atoms with Crippen LogP contribution < -0.4 is 20.1 Å². The maximum absolute atomic E-state index is 12.6. The molecule has 2 amide bonds. The summed E-state index contributed by atoms with van der Waals surface area (Å²) >= 11 is 0. The van der Waals surface area contributed by atoms with Crippen LogP contribution in [0.25, 0.3) is 0 Å². The molecular formula is C17H24N2O4. The number of ether oxygens (including phenoxy) is 2. The van der Waals surface area contributed by atoms with Gasteiger partial charge < -0.3 is 20.1 Å². The van der Waals surface area contributed by atoms with Crippen LogP contribution >= 0.6 is 0 Å². The minimum absolute atomic E-state index is 0.203. The van der Waals surface area contributed by atoms with E-state index in [4.69, 9.17) is 9.47 Å². The molecular weight excluding hydrogens is 296 g/mol. The van der Waals surface area contributed by atoms with Gasteiger partial charge in [0.15, 0.2) is 0 Å². The van der Waals surface area contributed by atoms with Gasteiger partial charge in [-0.2, -0.15) is 0 Å². The highest BCUT2D eigenvalue weighted by Gasteiger charge is 2.56. The minimum atomic E-state index is -0.955. The van der Waals surface area contributed by atoms with Gasteiger partial charge in [0, 0.05) is 12.6 Å². The molecule has 0 aromatic heterocycles. The fraction of sp³-hybridized carbons (Fsp3) is 0.529. The van der Waals surface area contributed by atoms with Crippen LogP contribution in [-0.2, 0) is 9.59 Å². The van der Waals surface area contributed by atoms with E-state index in [0.717, 1.165) is 0 Å². The summed E-state index contributed by atoms with van der Waals surface area (Å²) in [6.07, 6.45) is 1.13. The number of nitrogens with one attached hydrogen (secondary N) is 2. The van der Waals surface area contributed by atoms with Crippen molar-refractivity contribution in [2.45, 2.75) is 26.7 Å². The van der Waals surface area contributed by atoms with E-state index in [0.29, 0.717) is 42.5 Å². The maximum atomic E-state index is 12.6. The number of carbonyl (C=O) groups excluding carboxylic acids is 2. The number of amides is 2. The van der Waals surface area contributed by atoms with E-state index in [2.05, 4.69) is 10.6 Å². The first kappa shape index (κ1) is 17.1. The van der Waals surface area contributed by atoms with E-state index in [9.17, 15) is 9.59 Å². The van der Waals surface area contributed by atoms with E-state index in [-0.39, 0.29) is 11.8 Å². The summed E-state index contributed by atoms with van der Waals surface area (Å²) in [5.41, 5.74) is -0.456. The Morgan fingerprint density at radius 2 is 1.87 bits per heavy atom. The number of anilines is 1. The molecule has 1 aromatic rings. The summed E-state index contributed by atoms with van der Waals surface area (Å²) in [5, 5.41) is 5.65. The Hall–Kier alpha value is -2.24. The van der Waals surface area contributed by atoms with Crippen LogP contribution in [0.3, 0.4) is 0 Å². The van der Waals surface area contributed by atoms with Crippen LogP contribution in [0.15, 0.2) is 18.2 Å². The Balaban J connectivity index is 2.11. The molecule has 0 aliphatic heterocycles. The van der Waals surface area contributed by atoms with Crippen LogP contribution in [-0.4, -0.2) is 32.6 Å². The zero-order valence-corrected chi connectivity index (χ0v) is 14.1. The first-order chi connectivity index (χ1) is 10.9. The van der Waals surface area contributed by atoms with Crippen LogP contribution in [0.5, 0.6) is 11.5 Å². The molecule has 1 saturated carbocycles. The lowest BCUT2D eigenvalue weighted by Gasteiger charge is -2.18. The van der Waals surface area contributed by atoms with Gasteiger partial charge >= 0.3 is 0 Å². The van der Waals surface area contributed by atoms with Crippen molar-refractivity contribution in [2.75, 3.05) is 26.1 Å². The van der Waals surface area contributed by atoms with Crippen molar-refractivity contribution in [1.82, 2.24) is 5.32 Å². The smallest absolute Gasteiger partial charge is 0.240 e. The molecule has 2 N–H and O–H groups in total. The molecule has 2 rings (SSSR count). The minimum Gasteiger partial charge on any atom is -0.497 e. The van der Waals surface area contributed by atoms with Crippen molar-refractivity contribution in [2.24, 2.45) is 11.3 Å². The molecule has 0 spiro atoms. The van der Waals surface area contributed by atoms with E-state index < -0.39 is 5.41 Å². The van der Waals surface area contributed by atoms with Crippen molar-refractivity contribution in [3.8, 4) is 11.5 Å². The standard InChI is InChI=1S/C17H24N2O4/c1-11(2)10-18-15(20)17(7-8-17)16(21)19-13-9-12(22-3)5-6-14(13)23-4/h5-6,9,11H,7-8,10H2,1-4H3,(H,18,20)(H,19,21). The van der Waals surface area contributed by atoms with E-state index in [1.807, 2.05) is 13.8 Å². The third kappa shape index (κ3) is 3.75. The van der Waals surface area contributed by atoms with Crippen molar-refractivity contribution in [1.29, 1.82) is 0 Å². The zero-order valence-electron chi connectivity index (χ0n) is 14.1. The van der Waals surface area contributed by atoms with Crippen LogP contribution in [0.4, 0.5) is 5.69 Å². The summed E-state index contributed by atoms with van der Waals surface area (Å²) in [4.78, 5) is 24.9. The number of benzene rings is 1. The highest BCUT2D eigenvalue weighted by Crippen LogP contribution is 2.47. The van der Waals surface area contributed by atoms with Crippen LogP contribution in [0, 0.1) is 11.3 Å². The Morgan fingerprint density at radius 1 is 1.17 bits per heavy atom. The molecule has 0 unspecified atom stereocenters. The number of carbonyl (C=O) groups is 2. The molecule has 0 atom stereocenters. The number of rotatable bonds is 7. The lowest BCUT2D eigenvalue weighted by Crippen LogP contribution is -2.41.